The first-order valence-corrected chi connectivity index (χ1v) is 13.4. The van der Waals surface area contributed by atoms with Crippen molar-refractivity contribution in [1.29, 1.82) is 0 Å². The average molecular weight is 624 g/mol. The fraction of sp³-hybridized carbons (Fsp3) is 0.250. The van der Waals surface area contributed by atoms with Gasteiger partial charge >= 0.3 is 18.8 Å². The molecule has 0 aromatic heterocycles. The van der Waals surface area contributed by atoms with Crippen LogP contribution in [0.3, 0.4) is 0 Å². The molecule has 1 atom stereocenters. The Bertz CT molecular complexity index is 1530. The monoisotopic (exact) mass is 623 g/mol. The first-order chi connectivity index (χ1) is 20.7. The van der Waals surface area contributed by atoms with Gasteiger partial charge in [0.05, 0.1) is 6.42 Å². The molecule has 12 heteroatoms. The molecule has 0 amide bonds. The summed E-state index contributed by atoms with van der Waals surface area (Å²) in [6.07, 6.45) is -14.4. The largest absolute Gasteiger partial charge is 0.586 e. The van der Waals surface area contributed by atoms with Gasteiger partial charge in [-0.2, -0.15) is 13.2 Å². The third-order valence-corrected chi connectivity index (χ3v) is 7.11. The zero-order valence-electron chi connectivity index (χ0n) is 22.8. The van der Waals surface area contributed by atoms with E-state index in [2.05, 4.69) is 19.5 Å². The van der Waals surface area contributed by atoms with Gasteiger partial charge < -0.3 is 19.5 Å². The maximum Gasteiger partial charge on any atom is 0.586 e. The Morgan fingerprint density at radius 2 is 1.34 bits per heavy atom. The number of rotatable bonds is 10. The molecule has 1 unspecified atom stereocenters. The van der Waals surface area contributed by atoms with E-state index in [4.69, 9.17) is 0 Å². The van der Waals surface area contributed by atoms with Crippen LogP contribution in [0.5, 0.6) is 17.2 Å². The van der Waals surface area contributed by atoms with Gasteiger partial charge in [-0.15, -0.1) is 22.0 Å². The molecule has 0 saturated carbocycles. The van der Waals surface area contributed by atoms with Crippen LogP contribution in [0.2, 0.25) is 0 Å². The van der Waals surface area contributed by atoms with Gasteiger partial charge in [-0.3, -0.25) is 0 Å². The predicted molar refractivity (Wildman–Crippen MR) is 145 cm³/mol. The number of halogens is 8. The van der Waals surface area contributed by atoms with E-state index in [1.807, 2.05) is 0 Å². The molecule has 44 heavy (non-hydrogen) atoms. The summed E-state index contributed by atoms with van der Waals surface area (Å²) < 4.78 is 121. The molecule has 232 valence electrons. The van der Waals surface area contributed by atoms with E-state index in [0.717, 1.165) is 11.6 Å². The molecule has 5 rings (SSSR count). The third-order valence-electron chi connectivity index (χ3n) is 7.11. The molecule has 1 N–H and O–H groups in total. The highest BCUT2D eigenvalue weighted by Gasteiger charge is 2.44. The van der Waals surface area contributed by atoms with Crippen molar-refractivity contribution in [3.63, 3.8) is 0 Å². The number of para-hydroxylation sites is 1. The van der Waals surface area contributed by atoms with Crippen LogP contribution < -0.4 is 19.5 Å². The molecule has 1 aliphatic heterocycles. The second-order valence-electron chi connectivity index (χ2n) is 10.3. The van der Waals surface area contributed by atoms with Gasteiger partial charge in [-0.05, 0) is 46.9 Å². The number of alkyl halides is 8. The first-order valence-electron chi connectivity index (χ1n) is 13.4. The second kappa shape index (κ2) is 12.0. The van der Waals surface area contributed by atoms with Crippen LogP contribution in [0.4, 0.5) is 35.1 Å². The van der Waals surface area contributed by atoms with Crippen LogP contribution in [0.15, 0.2) is 97.1 Å². The molecule has 0 radical (unpaired) electrons. The Labute approximate surface area is 247 Å². The standard InChI is InChI=1S/C32H25F8NO3/c33-30(34,35)18-22-9-4-11-24(15-22)29(17-21-7-2-1-3-8-21,25-12-6-13-26(16-25)42-31(36,37)38)20-41-19-23-10-5-14-27-28(23)44-32(39,40)43-27/h1-16,41H,17-20H2. The number of nitrogens with one attached hydrogen (secondary N) is 1. The van der Waals surface area contributed by atoms with Crippen LogP contribution >= 0.6 is 0 Å². The molecule has 0 saturated heterocycles. The lowest BCUT2D eigenvalue weighted by Crippen LogP contribution is -2.41. The number of fused-ring (bicyclic) bond motifs is 1. The molecule has 4 nitrogen and oxygen atoms in total. The number of hydrogen-bond donors (Lipinski definition) is 1. The minimum Gasteiger partial charge on any atom is -0.406 e. The Morgan fingerprint density at radius 3 is 2.05 bits per heavy atom. The zero-order chi connectivity index (χ0) is 31.6. The lowest BCUT2D eigenvalue weighted by molar-refractivity contribution is -0.287. The number of benzene rings is 4. The lowest BCUT2D eigenvalue weighted by Gasteiger charge is -2.37. The van der Waals surface area contributed by atoms with Gasteiger partial charge in [-0.25, -0.2) is 0 Å². The number of hydrogen-bond acceptors (Lipinski definition) is 4. The van der Waals surface area contributed by atoms with Crippen LogP contribution in [0.1, 0.15) is 27.8 Å². The Kier molecular flexibility index (Phi) is 8.48. The first kappa shape index (κ1) is 31.1. The molecular weight excluding hydrogens is 598 g/mol. The van der Waals surface area contributed by atoms with E-state index in [1.165, 1.54) is 48.5 Å². The molecule has 0 aliphatic carbocycles. The predicted octanol–water partition coefficient (Wildman–Crippen LogP) is 8.33. The van der Waals surface area contributed by atoms with Gasteiger partial charge in [0, 0.05) is 24.1 Å². The summed E-state index contributed by atoms with van der Waals surface area (Å²) >= 11 is 0. The maximum atomic E-state index is 13.8. The molecule has 4 aromatic carbocycles. The van der Waals surface area contributed by atoms with Crippen LogP contribution in [0.25, 0.3) is 0 Å². The van der Waals surface area contributed by atoms with Gasteiger partial charge in [-0.1, -0.05) is 78.9 Å². The minimum absolute atomic E-state index is 0.0340. The van der Waals surface area contributed by atoms with Gasteiger partial charge in [0.1, 0.15) is 5.75 Å². The molecule has 4 aromatic rings. The van der Waals surface area contributed by atoms with E-state index in [0.29, 0.717) is 16.7 Å². The maximum absolute atomic E-state index is 13.8. The van der Waals surface area contributed by atoms with Crippen molar-refractivity contribution in [1.82, 2.24) is 5.32 Å². The zero-order valence-corrected chi connectivity index (χ0v) is 22.8. The van der Waals surface area contributed by atoms with Gasteiger partial charge in [0.15, 0.2) is 11.5 Å². The fourth-order valence-electron chi connectivity index (χ4n) is 5.36. The molecule has 0 bridgehead atoms. The fourth-order valence-corrected chi connectivity index (χ4v) is 5.36. The van der Waals surface area contributed by atoms with Crippen molar-refractivity contribution in [3.05, 3.63) is 125 Å². The Balaban J connectivity index is 1.60. The Hall–Kier alpha value is -4.32. The highest BCUT2D eigenvalue weighted by molar-refractivity contribution is 5.49. The van der Waals surface area contributed by atoms with E-state index >= 15 is 0 Å². The summed E-state index contributed by atoms with van der Waals surface area (Å²) in [5.74, 6) is -0.847. The van der Waals surface area contributed by atoms with Crippen molar-refractivity contribution in [2.75, 3.05) is 6.54 Å². The second-order valence-corrected chi connectivity index (χ2v) is 10.3. The lowest BCUT2D eigenvalue weighted by atomic mass is 9.69. The smallest absolute Gasteiger partial charge is 0.406 e. The van der Waals surface area contributed by atoms with Crippen molar-refractivity contribution in [2.45, 2.75) is 43.6 Å². The molecule has 0 spiro atoms. The van der Waals surface area contributed by atoms with Crippen LogP contribution in [-0.4, -0.2) is 25.4 Å². The van der Waals surface area contributed by atoms with Crippen molar-refractivity contribution >= 4 is 0 Å². The molecule has 0 fully saturated rings. The third kappa shape index (κ3) is 7.60. The van der Waals surface area contributed by atoms with Crippen LogP contribution in [0, 0.1) is 0 Å². The summed E-state index contributed by atoms with van der Waals surface area (Å²) in [5.41, 5.74) is 0.479. The van der Waals surface area contributed by atoms with E-state index in [-0.39, 0.29) is 36.6 Å². The normalized spacial score (nSPS) is 15.5. The minimum atomic E-state index is -4.98. The summed E-state index contributed by atoms with van der Waals surface area (Å²) in [4.78, 5) is 0. The van der Waals surface area contributed by atoms with E-state index in [9.17, 15) is 35.1 Å². The van der Waals surface area contributed by atoms with Crippen molar-refractivity contribution in [2.24, 2.45) is 0 Å². The summed E-state index contributed by atoms with van der Waals surface area (Å²) in [6.45, 7) is -0.0755. The van der Waals surface area contributed by atoms with Crippen molar-refractivity contribution < 1.29 is 49.3 Å². The Morgan fingerprint density at radius 1 is 0.682 bits per heavy atom. The highest BCUT2D eigenvalue weighted by Crippen LogP contribution is 2.44. The van der Waals surface area contributed by atoms with Crippen molar-refractivity contribution in [3.8, 4) is 17.2 Å². The molecular formula is C32H25F8NO3. The topological polar surface area (TPSA) is 39.7 Å². The average Bonchev–Trinajstić information content (AvgIpc) is 3.26. The molecule has 1 heterocycles. The highest BCUT2D eigenvalue weighted by atomic mass is 19.4. The van der Waals surface area contributed by atoms with Crippen LogP contribution in [-0.2, 0) is 24.8 Å². The molecule has 1 aliphatic rings. The summed E-state index contributed by atoms with van der Waals surface area (Å²) in [7, 11) is 0. The number of ether oxygens (including phenoxy) is 3. The van der Waals surface area contributed by atoms with E-state index in [1.54, 1.807) is 42.5 Å². The van der Waals surface area contributed by atoms with Gasteiger partial charge in [0.2, 0.25) is 0 Å². The summed E-state index contributed by atoms with van der Waals surface area (Å²) in [5, 5.41) is 3.19. The van der Waals surface area contributed by atoms with Gasteiger partial charge in [0.25, 0.3) is 0 Å². The quantitative estimate of drug-likeness (QED) is 0.180. The summed E-state index contributed by atoms with van der Waals surface area (Å²) in [6, 6.07) is 24.3. The SMILES string of the molecule is FC(F)(F)Cc1cccc(C(CNCc2cccc3c2OC(F)(F)O3)(Cc2ccccc2)c2cccc(OC(F)(F)F)c2)c1. The van der Waals surface area contributed by atoms with E-state index < -0.39 is 36.4 Å².